The predicted octanol–water partition coefficient (Wildman–Crippen LogP) is 2.59. The summed E-state index contributed by atoms with van der Waals surface area (Å²) in [5, 5.41) is 3.95. The van der Waals surface area contributed by atoms with Gasteiger partial charge in [0.2, 0.25) is 0 Å². The second-order valence-electron chi connectivity index (χ2n) is 4.03. The number of rotatable bonds is 4. The van der Waals surface area contributed by atoms with Crippen LogP contribution in [0.15, 0.2) is 28.3 Å². The van der Waals surface area contributed by atoms with E-state index in [2.05, 4.69) is 32.8 Å². The third-order valence-electron chi connectivity index (χ3n) is 2.49. The zero-order valence-electron chi connectivity index (χ0n) is 10.9. The third kappa shape index (κ3) is 4.38. The Hall–Kier alpha value is -0.940. The van der Waals surface area contributed by atoms with Crippen molar-refractivity contribution < 1.29 is 0 Å². The maximum absolute atomic E-state index is 5.96. The maximum Gasteiger partial charge on any atom is 0.194 e. The Kier molecular flexibility index (Phi) is 5.75. The number of nitrogens with zero attached hydrogens (tertiary/aromatic N) is 3. The van der Waals surface area contributed by atoms with E-state index in [9.17, 15) is 0 Å². The van der Waals surface area contributed by atoms with Crippen LogP contribution in [0.2, 0.25) is 5.02 Å². The van der Waals surface area contributed by atoms with Gasteiger partial charge < -0.3 is 14.8 Å². The first-order chi connectivity index (χ1) is 8.43. The number of aryl methyl sites for hydroxylation is 1. The highest BCUT2D eigenvalue weighted by Crippen LogP contribution is 2.14. The Morgan fingerprint density at radius 3 is 2.78 bits per heavy atom. The van der Waals surface area contributed by atoms with E-state index in [4.69, 9.17) is 11.6 Å². The highest BCUT2D eigenvalue weighted by molar-refractivity contribution is 9.11. The van der Waals surface area contributed by atoms with Crippen LogP contribution < -0.4 is 5.32 Å². The van der Waals surface area contributed by atoms with Gasteiger partial charge in [0, 0.05) is 44.1 Å². The van der Waals surface area contributed by atoms with Crippen LogP contribution in [0.25, 0.3) is 0 Å². The van der Waals surface area contributed by atoms with E-state index in [0.717, 1.165) is 27.7 Å². The van der Waals surface area contributed by atoms with Crippen molar-refractivity contribution in [1.82, 2.24) is 14.8 Å². The van der Waals surface area contributed by atoms with E-state index in [0.29, 0.717) is 6.54 Å². The molecule has 1 rings (SSSR count). The molecular weight excluding hydrogens is 316 g/mol. The van der Waals surface area contributed by atoms with Crippen molar-refractivity contribution in [3.63, 3.8) is 0 Å². The number of nitrogens with one attached hydrogen (secondary N) is 1. The Labute approximate surface area is 121 Å². The van der Waals surface area contributed by atoms with Gasteiger partial charge in [0.25, 0.3) is 0 Å². The molecule has 1 heterocycles. The quantitative estimate of drug-likeness (QED) is 0.678. The summed E-state index contributed by atoms with van der Waals surface area (Å²) in [6.07, 6.45) is 1.89. The summed E-state index contributed by atoms with van der Waals surface area (Å²) in [5.41, 5.74) is 1.13. The SMILES string of the molecule is C=C(Br)CNC(=NC)N(C)Cc1cc(Cl)cn1C. The van der Waals surface area contributed by atoms with Gasteiger partial charge in [-0.05, 0) is 6.07 Å². The molecule has 0 spiro atoms. The molecular formula is C12H18BrClN4. The van der Waals surface area contributed by atoms with Gasteiger partial charge in [-0.3, -0.25) is 4.99 Å². The lowest BCUT2D eigenvalue weighted by Crippen LogP contribution is -2.39. The van der Waals surface area contributed by atoms with Crippen molar-refractivity contribution in [1.29, 1.82) is 0 Å². The molecule has 0 aliphatic carbocycles. The fourth-order valence-electron chi connectivity index (χ4n) is 1.60. The van der Waals surface area contributed by atoms with E-state index in [-0.39, 0.29) is 0 Å². The minimum absolute atomic E-state index is 0.644. The number of aliphatic imine (C=N–C) groups is 1. The molecule has 1 N–H and O–H groups in total. The summed E-state index contributed by atoms with van der Waals surface area (Å²) in [4.78, 5) is 6.25. The van der Waals surface area contributed by atoms with Crippen molar-refractivity contribution in [2.75, 3.05) is 20.6 Å². The normalized spacial score (nSPS) is 11.5. The second-order valence-corrected chi connectivity index (χ2v) is 5.59. The summed E-state index contributed by atoms with van der Waals surface area (Å²) in [5.74, 6) is 0.813. The first-order valence-corrected chi connectivity index (χ1v) is 6.67. The molecule has 1 aromatic rings. The largest absolute Gasteiger partial charge is 0.352 e. The minimum Gasteiger partial charge on any atom is -0.352 e. The third-order valence-corrected chi connectivity index (χ3v) is 2.97. The number of halogens is 2. The Bertz CT molecular complexity index is 453. The molecule has 18 heavy (non-hydrogen) atoms. The van der Waals surface area contributed by atoms with E-state index >= 15 is 0 Å². The summed E-state index contributed by atoms with van der Waals surface area (Å²) >= 11 is 9.27. The van der Waals surface area contributed by atoms with Gasteiger partial charge in [0.1, 0.15) is 0 Å². The van der Waals surface area contributed by atoms with Crippen molar-refractivity contribution in [3.05, 3.63) is 34.0 Å². The standard InChI is InChI=1S/C12H18BrClN4/c1-9(13)6-16-12(15-2)18(4)8-11-5-10(14)7-17(11)3/h5,7H,1,6,8H2,2-4H3,(H,15,16). The molecule has 0 aromatic carbocycles. The molecule has 0 radical (unpaired) electrons. The van der Waals surface area contributed by atoms with Gasteiger partial charge in [0.15, 0.2) is 5.96 Å². The van der Waals surface area contributed by atoms with Gasteiger partial charge in [-0.25, -0.2) is 0 Å². The van der Waals surface area contributed by atoms with Crippen LogP contribution in [0.1, 0.15) is 5.69 Å². The first-order valence-electron chi connectivity index (χ1n) is 5.50. The Morgan fingerprint density at radius 1 is 1.67 bits per heavy atom. The van der Waals surface area contributed by atoms with Crippen molar-refractivity contribution in [2.45, 2.75) is 6.54 Å². The zero-order valence-corrected chi connectivity index (χ0v) is 13.2. The van der Waals surface area contributed by atoms with E-state index in [1.807, 2.05) is 35.8 Å². The van der Waals surface area contributed by atoms with Crippen LogP contribution in [-0.2, 0) is 13.6 Å². The molecule has 0 atom stereocenters. The minimum atomic E-state index is 0.644. The Balaban J connectivity index is 2.65. The van der Waals surface area contributed by atoms with Crippen molar-refractivity contribution >= 4 is 33.5 Å². The molecule has 0 fully saturated rings. The van der Waals surface area contributed by atoms with Gasteiger partial charge >= 0.3 is 0 Å². The highest BCUT2D eigenvalue weighted by Gasteiger charge is 2.09. The van der Waals surface area contributed by atoms with E-state index in [1.54, 1.807) is 7.05 Å². The van der Waals surface area contributed by atoms with Crippen molar-refractivity contribution in [3.8, 4) is 0 Å². The lowest BCUT2D eigenvalue weighted by atomic mass is 10.4. The molecule has 4 nitrogen and oxygen atoms in total. The molecule has 0 saturated carbocycles. The number of aromatic nitrogens is 1. The second kappa shape index (κ2) is 6.85. The van der Waals surface area contributed by atoms with E-state index in [1.165, 1.54) is 0 Å². The first kappa shape index (κ1) is 15.1. The monoisotopic (exact) mass is 332 g/mol. The summed E-state index contributed by atoms with van der Waals surface area (Å²) in [6.45, 7) is 5.16. The average molecular weight is 334 g/mol. The number of guanidine groups is 1. The molecule has 0 aliphatic rings. The Morgan fingerprint density at radius 2 is 2.33 bits per heavy atom. The fourth-order valence-corrected chi connectivity index (χ4v) is 2.01. The topological polar surface area (TPSA) is 32.6 Å². The highest BCUT2D eigenvalue weighted by atomic mass is 79.9. The van der Waals surface area contributed by atoms with Gasteiger partial charge in [-0.15, -0.1) is 0 Å². The lowest BCUT2D eigenvalue weighted by Gasteiger charge is -2.22. The predicted molar refractivity (Wildman–Crippen MR) is 81.3 cm³/mol. The van der Waals surface area contributed by atoms with Crippen LogP contribution in [0, 0.1) is 0 Å². The van der Waals surface area contributed by atoms with Gasteiger partial charge in [-0.1, -0.05) is 34.1 Å². The van der Waals surface area contributed by atoms with Crippen molar-refractivity contribution in [2.24, 2.45) is 12.0 Å². The zero-order chi connectivity index (χ0) is 13.7. The summed E-state index contributed by atoms with van der Waals surface area (Å²) in [6, 6.07) is 1.95. The van der Waals surface area contributed by atoms with Crippen LogP contribution >= 0.6 is 27.5 Å². The number of hydrogen-bond donors (Lipinski definition) is 1. The lowest BCUT2D eigenvalue weighted by molar-refractivity contribution is 0.465. The summed E-state index contributed by atoms with van der Waals surface area (Å²) < 4.78 is 2.90. The molecule has 0 amide bonds. The van der Waals surface area contributed by atoms with Crippen LogP contribution in [0.3, 0.4) is 0 Å². The van der Waals surface area contributed by atoms with Crippen LogP contribution in [-0.4, -0.2) is 36.1 Å². The van der Waals surface area contributed by atoms with Gasteiger partial charge in [-0.2, -0.15) is 0 Å². The number of hydrogen-bond acceptors (Lipinski definition) is 1. The van der Waals surface area contributed by atoms with E-state index < -0.39 is 0 Å². The van der Waals surface area contributed by atoms with Crippen LogP contribution in [0.5, 0.6) is 0 Å². The molecule has 0 saturated heterocycles. The molecule has 6 heteroatoms. The smallest absolute Gasteiger partial charge is 0.194 e. The fraction of sp³-hybridized carbons (Fsp3) is 0.417. The van der Waals surface area contributed by atoms with Crippen LogP contribution in [0.4, 0.5) is 0 Å². The molecule has 0 unspecified atom stereocenters. The molecule has 100 valence electrons. The summed E-state index contributed by atoms with van der Waals surface area (Å²) in [7, 11) is 5.71. The average Bonchev–Trinajstić information content (AvgIpc) is 2.57. The molecule has 0 aliphatic heterocycles. The maximum atomic E-state index is 5.96. The molecule has 1 aromatic heterocycles. The molecule has 0 bridgehead atoms. The van der Waals surface area contributed by atoms with Gasteiger partial charge in [0.05, 0.1) is 11.6 Å².